The molecule has 2 rings (SSSR count). The molecule has 0 saturated heterocycles. The number of carbonyl (C=O) groups excluding carboxylic acids is 1. The van der Waals surface area contributed by atoms with Gasteiger partial charge in [-0.05, 0) is 37.5 Å². The second-order valence-electron chi connectivity index (χ2n) is 4.07. The predicted octanol–water partition coefficient (Wildman–Crippen LogP) is 3.01. The summed E-state index contributed by atoms with van der Waals surface area (Å²) in [6, 6.07) is 3.56. The van der Waals surface area contributed by atoms with Gasteiger partial charge in [-0.1, -0.05) is 11.6 Å². The highest BCUT2D eigenvalue weighted by Crippen LogP contribution is 2.34. The summed E-state index contributed by atoms with van der Waals surface area (Å²) in [6.07, 6.45) is 1.96. The molecular formula is C12H14ClNO2. The van der Waals surface area contributed by atoms with Gasteiger partial charge in [0.2, 0.25) is 5.91 Å². The normalized spacial score (nSPS) is 14.7. The first-order valence-corrected chi connectivity index (χ1v) is 5.64. The van der Waals surface area contributed by atoms with Crippen LogP contribution in [0.1, 0.15) is 18.4 Å². The third kappa shape index (κ3) is 2.30. The van der Waals surface area contributed by atoms with Gasteiger partial charge in [0.25, 0.3) is 0 Å². The van der Waals surface area contributed by atoms with Gasteiger partial charge in [-0.2, -0.15) is 0 Å². The van der Waals surface area contributed by atoms with E-state index in [0.717, 1.165) is 18.4 Å². The molecular weight excluding hydrogens is 226 g/mol. The van der Waals surface area contributed by atoms with Crippen molar-refractivity contribution in [2.75, 3.05) is 12.4 Å². The summed E-state index contributed by atoms with van der Waals surface area (Å²) in [5, 5.41) is 3.47. The molecule has 1 N–H and O–H groups in total. The van der Waals surface area contributed by atoms with Crippen molar-refractivity contribution in [2.24, 2.45) is 5.92 Å². The summed E-state index contributed by atoms with van der Waals surface area (Å²) in [4.78, 5) is 11.6. The molecule has 1 aliphatic carbocycles. The predicted molar refractivity (Wildman–Crippen MR) is 64.1 cm³/mol. The molecule has 1 aromatic rings. The summed E-state index contributed by atoms with van der Waals surface area (Å²) in [7, 11) is 1.58. The largest absolute Gasteiger partial charge is 0.495 e. The number of rotatable bonds is 3. The quantitative estimate of drug-likeness (QED) is 0.881. The van der Waals surface area contributed by atoms with Crippen molar-refractivity contribution in [1.82, 2.24) is 0 Å². The lowest BCUT2D eigenvalue weighted by Crippen LogP contribution is -2.14. The molecule has 4 heteroatoms. The number of hydrogen-bond acceptors (Lipinski definition) is 2. The van der Waals surface area contributed by atoms with Gasteiger partial charge in [-0.15, -0.1) is 0 Å². The minimum absolute atomic E-state index is 0.0539. The lowest BCUT2D eigenvalue weighted by molar-refractivity contribution is -0.117. The van der Waals surface area contributed by atoms with Crippen LogP contribution >= 0.6 is 11.6 Å². The molecule has 0 heterocycles. The maximum Gasteiger partial charge on any atom is 0.227 e. The van der Waals surface area contributed by atoms with Gasteiger partial charge in [-0.25, -0.2) is 0 Å². The van der Waals surface area contributed by atoms with Gasteiger partial charge < -0.3 is 10.1 Å². The van der Waals surface area contributed by atoms with Crippen LogP contribution in [0.25, 0.3) is 0 Å². The van der Waals surface area contributed by atoms with E-state index < -0.39 is 0 Å². The van der Waals surface area contributed by atoms with Crippen molar-refractivity contribution in [1.29, 1.82) is 0 Å². The van der Waals surface area contributed by atoms with Gasteiger partial charge >= 0.3 is 0 Å². The van der Waals surface area contributed by atoms with Crippen molar-refractivity contribution in [3.63, 3.8) is 0 Å². The number of hydrogen-bond donors (Lipinski definition) is 1. The first-order valence-electron chi connectivity index (χ1n) is 5.27. The molecule has 1 aliphatic rings. The van der Waals surface area contributed by atoms with Crippen LogP contribution in [0, 0.1) is 12.8 Å². The molecule has 0 radical (unpaired) electrons. The highest BCUT2D eigenvalue weighted by atomic mass is 35.5. The third-order valence-corrected chi connectivity index (χ3v) is 3.09. The van der Waals surface area contributed by atoms with Crippen LogP contribution in [-0.2, 0) is 4.79 Å². The fourth-order valence-electron chi connectivity index (χ4n) is 1.50. The second kappa shape index (κ2) is 4.34. The van der Waals surface area contributed by atoms with Gasteiger partial charge in [-0.3, -0.25) is 4.79 Å². The Morgan fingerprint density at radius 2 is 2.19 bits per heavy atom. The Bertz CT molecular complexity index is 427. The fraction of sp³-hybridized carbons (Fsp3) is 0.417. The number of amides is 1. The van der Waals surface area contributed by atoms with Crippen molar-refractivity contribution in [3.05, 3.63) is 22.7 Å². The van der Waals surface area contributed by atoms with E-state index >= 15 is 0 Å². The van der Waals surface area contributed by atoms with Crippen molar-refractivity contribution in [2.45, 2.75) is 19.8 Å². The molecule has 1 fully saturated rings. The van der Waals surface area contributed by atoms with E-state index in [0.29, 0.717) is 16.5 Å². The van der Waals surface area contributed by atoms with E-state index in [1.54, 1.807) is 13.2 Å². The molecule has 1 saturated carbocycles. The molecule has 1 aromatic carbocycles. The first kappa shape index (κ1) is 11.3. The summed E-state index contributed by atoms with van der Waals surface area (Å²) in [5.41, 5.74) is 1.58. The number of halogens is 1. The van der Waals surface area contributed by atoms with Crippen LogP contribution in [0.15, 0.2) is 12.1 Å². The van der Waals surface area contributed by atoms with Crippen LogP contribution in [0.4, 0.5) is 5.69 Å². The summed E-state index contributed by atoms with van der Waals surface area (Å²) in [6.45, 7) is 1.90. The SMILES string of the molecule is COc1cc(C)c(Cl)cc1NC(=O)C1CC1. The monoisotopic (exact) mass is 239 g/mol. The molecule has 3 nitrogen and oxygen atoms in total. The van der Waals surface area contributed by atoms with Crippen LogP contribution in [0.3, 0.4) is 0 Å². The summed E-state index contributed by atoms with van der Waals surface area (Å²) in [5.74, 6) is 0.874. The lowest BCUT2D eigenvalue weighted by Gasteiger charge is -2.11. The molecule has 0 aliphatic heterocycles. The van der Waals surface area contributed by atoms with E-state index in [9.17, 15) is 4.79 Å². The van der Waals surface area contributed by atoms with E-state index in [-0.39, 0.29) is 11.8 Å². The van der Waals surface area contributed by atoms with Crippen LogP contribution in [0.5, 0.6) is 5.75 Å². The van der Waals surface area contributed by atoms with E-state index in [1.165, 1.54) is 0 Å². The van der Waals surface area contributed by atoms with Gasteiger partial charge in [0.15, 0.2) is 0 Å². The first-order chi connectivity index (χ1) is 7.61. The fourth-order valence-corrected chi connectivity index (χ4v) is 1.67. The minimum atomic E-state index is 0.0539. The average Bonchev–Trinajstić information content (AvgIpc) is 3.06. The van der Waals surface area contributed by atoms with Gasteiger partial charge in [0, 0.05) is 10.9 Å². The topological polar surface area (TPSA) is 38.3 Å². The molecule has 0 atom stereocenters. The summed E-state index contributed by atoms with van der Waals surface area (Å²) >= 11 is 6.01. The minimum Gasteiger partial charge on any atom is -0.495 e. The number of methoxy groups -OCH3 is 1. The van der Waals surface area contributed by atoms with Gasteiger partial charge in [0.1, 0.15) is 5.75 Å². The van der Waals surface area contributed by atoms with Crippen LogP contribution in [0.2, 0.25) is 5.02 Å². The molecule has 0 unspecified atom stereocenters. The molecule has 0 spiro atoms. The zero-order valence-corrected chi connectivity index (χ0v) is 10.1. The standard InChI is InChI=1S/C12H14ClNO2/c1-7-5-11(16-2)10(6-9(7)13)14-12(15)8-3-4-8/h5-6,8H,3-4H2,1-2H3,(H,14,15). The Hall–Kier alpha value is -1.22. The molecule has 16 heavy (non-hydrogen) atoms. The van der Waals surface area contributed by atoms with Crippen molar-refractivity contribution >= 4 is 23.2 Å². The number of carbonyl (C=O) groups is 1. The highest BCUT2D eigenvalue weighted by Gasteiger charge is 2.30. The number of benzene rings is 1. The lowest BCUT2D eigenvalue weighted by atomic mass is 10.2. The summed E-state index contributed by atoms with van der Waals surface area (Å²) < 4.78 is 5.21. The third-order valence-electron chi connectivity index (χ3n) is 2.69. The van der Waals surface area contributed by atoms with E-state index in [2.05, 4.69) is 5.32 Å². The van der Waals surface area contributed by atoms with Crippen molar-refractivity contribution < 1.29 is 9.53 Å². The number of aryl methyl sites for hydroxylation is 1. The second-order valence-corrected chi connectivity index (χ2v) is 4.47. The van der Waals surface area contributed by atoms with Gasteiger partial charge in [0.05, 0.1) is 12.8 Å². The molecule has 0 bridgehead atoms. The van der Waals surface area contributed by atoms with E-state index in [1.807, 2.05) is 13.0 Å². The Kier molecular flexibility index (Phi) is 3.06. The molecule has 0 aromatic heterocycles. The van der Waals surface area contributed by atoms with Crippen molar-refractivity contribution in [3.8, 4) is 5.75 Å². The smallest absolute Gasteiger partial charge is 0.227 e. The molecule has 86 valence electrons. The average molecular weight is 240 g/mol. The number of ether oxygens (including phenoxy) is 1. The van der Waals surface area contributed by atoms with E-state index in [4.69, 9.17) is 16.3 Å². The zero-order chi connectivity index (χ0) is 11.7. The number of nitrogens with one attached hydrogen (secondary N) is 1. The Labute approximate surface area is 99.7 Å². The zero-order valence-electron chi connectivity index (χ0n) is 9.34. The highest BCUT2D eigenvalue weighted by molar-refractivity contribution is 6.31. The Balaban J connectivity index is 2.23. The van der Waals surface area contributed by atoms with Crippen LogP contribution < -0.4 is 10.1 Å². The Morgan fingerprint density at radius 3 is 2.75 bits per heavy atom. The Morgan fingerprint density at radius 1 is 1.50 bits per heavy atom. The molecule has 1 amide bonds. The van der Waals surface area contributed by atoms with Crippen LogP contribution in [-0.4, -0.2) is 13.0 Å². The number of anilines is 1. The maximum absolute atomic E-state index is 11.6. The maximum atomic E-state index is 11.6.